The van der Waals surface area contributed by atoms with E-state index in [1.165, 1.54) is 22.3 Å². The maximum absolute atomic E-state index is 12.8. The summed E-state index contributed by atoms with van der Waals surface area (Å²) >= 11 is 1.12. The lowest BCUT2D eigenvalue weighted by Gasteiger charge is -2.27. The van der Waals surface area contributed by atoms with Crippen LogP contribution in [0.3, 0.4) is 0 Å². The Morgan fingerprint density at radius 2 is 2.22 bits per heavy atom. The highest BCUT2D eigenvalue weighted by molar-refractivity contribution is 7.91. The van der Waals surface area contributed by atoms with Crippen LogP contribution in [0.4, 0.5) is 0 Å². The molecule has 0 saturated carbocycles. The van der Waals surface area contributed by atoms with Crippen LogP contribution in [0.1, 0.15) is 18.2 Å². The normalized spacial score (nSPS) is 15.4. The molecule has 0 saturated heterocycles. The minimum Gasteiger partial charge on any atom is -0.494 e. The van der Waals surface area contributed by atoms with Crippen LogP contribution in [0.2, 0.25) is 0 Å². The highest BCUT2D eigenvalue weighted by atomic mass is 32.2. The van der Waals surface area contributed by atoms with E-state index in [0.29, 0.717) is 30.0 Å². The molecule has 3 rings (SSSR count). The summed E-state index contributed by atoms with van der Waals surface area (Å²) in [6.45, 7) is 2.80. The van der Waals surface area contributed by atoms with Gasteiger partial charge in [0.2, 0.25) is 0 Å². The van der Waals surface area contributed by atoms with Gasteiger partial charge < -0.3 is 4.74 Å². The molecule has 0 atom stereocenters. The minimum absolute atomic E-state index is 0.0803. The number of rotatable bonds is 4. The first-order valence-corrected chi connectivity index (χ1v) is 9.49. The largest absolute Gasteiger partial charge is 0.494 e. The standard InChI is InChI=1S/C14H17N3O4S2/c1-3-16-9-15-11-8-17(6-4-10(11)13(16)18)23(19,20)14-12(21-2)5-7-22-14/h5,7,9H,3-4,6,8H2,1-2H3. The zero-order valence-electron chi connectivity index (χ0n) is 12.9. The molecular weight excluding hydrogens is 338 g/mol. The van der Waals surface area contributed by atoms with Gasteiger partial charge >= 0.3 is 0 Å². The molecule has 2 aromatic rings. The van der Waals surface area contributed by atoms with Crippen molar-refractivity contribution < 1.29 is 13.2 Å². The molecule has 0 aliphatic carbocycles. The number of nitrogens with zero attached hydrogens (tertiary/aromatic N) is 3. The van der Waals surface area contributed by atoms with Crippen molar-refractivity contribution in [3.8, 4) is 5.75 Å². The molecule has 124 valence electrons. The van der Waals surface area contributed by atoms with Crippen molar-refractivity contribution in [2.24, 2.45) is 0 Å². The molecule has 7 nitrogen and oxygen atoms in total. The molecule has 0 bridgehead atoms. The van der Waals surface area contributed by atoms with Gasteiger partial charge in [-0.15, -0.1) is 11.3 Å². The lowest BCUT2D eigenvalue weighted by molar-refractivity contribution is 0.374. The van der Waals surface area contributed by atoms with Gasteiger partial charge in [0.1, 0.15) is 5.75 Å². The van der Waals surface area contributed by atoms with E-state index in [4.69, 9.17) is 4.74 Å². The van der Waals surface area contributed by atoms with E-state index in [9.17, 15) is 13.2 Å². The first-order chi connectivity index (χ1) is 11.0. The van der Waals surface area contributed by atoms with Crippen LogP contribution in [0, 0.1) is 0 Å². The maximum Gasteiger partial charge on any atom is 0.256 e. The van der Waals surface area contributed by atoms with E-state index in [1.54, 1.807) is 11.4 Å². The average molecular weight is 355 g/mol. The summed E-state index contributed by atoms with van der Waals surface area (Å²) in [5, 5.41) is 1.68. The molecule has 0 spiro atoms. The molecule has 0 N–H and O–H groups in total. The molecule has 23 heavy (non-hydrogen) atoms. The second kappa shape index (κ2) is 6.06. The number of hydrogen-bond donors (Lipinski definition) is 0. The molecule has 0 unspecified atom stereocenters. The predicted octanol–water partition coefficient (Wildman–Crippen LogP) is 1.08. The Balaban J connectivity index is 1.96. The predicted molar refractivity (Wildman–Crippen MR) is 86.3 cm³/mol. The number of aromatic nitrogens is 2. The Labute approximate surface area is 138 Å². The Morgan fingerprint density at radius 3 is 2.91 bits per heavy atom. The van der Waals surface area contributed by atoms with Crippen LogP contribution in [-0.4, -0.2) is 35.9 Å². The third-order valence-corrected chi connectivity index (χ3v) is 7.16. The van der Waals surface area contributed by atoms with Crippen molar-refractivity contribution in [1.82, 2.24) is 13.9 Å². The third-order valence-electron chi connectivity index (χ3n) is 3.89. The summed E-state index contributed by atoms with van der Waals surface area (Å²) in [6.07, 6.45) is 1.85. The monoisotopic (exact) mass is 355 g/mol. The van der Waals surface area contributed by atoms with Crippen molar-refractivity contribution in [3.05, 3.63) is 39.4 Å². The quantitative estimate of drug-likeness (QED) is 0.820. The fourth-order valence-electron chi connectivity index (χ4n) is 2.61. The molecule has 3 heterocycles. The van der Waals surface area contributed by atoms with Gasteiger partial charge in [-0.25, -0.2) is 13.4 Å². The van der Waals surface area contributed by atoms with E-state index < -0.39 is 10.0 Å². The molecule has 0 fully saturated rings. The zero-order valence-corrected chi connectivity index (χ0v) is 14.5. The smallest absolute Gasteiger partial charge is 0.256 e. The summed E-state index contributed by atoms with van der Waals surface area (Å²) < 4.78 is 33.8. The van der Waals surface area contributed by atoms with Gasteiger partial charge in [-0.2, -0.15) is 4.31 Å². The number of sulfonamides is 1. The number of fused-ring (bicyclic) bond motifs is 1. The summed E-state index contributed by atoms with van der Waals surface area (Å²) in [7, 11) is -2.21. The van der Waals surface area contributed by atoms with E-state index in [2.05, 4.69) is 4.98 Å². The highest BCUT2D eigenvalue weighted by Crippen LogP contribution is 2.33. The molecule has 1 aliphatic rings. The molecule has 2 aromatic heterocycles. The van der Waals surface area contributed by atoms with Crippen molar-refractivity contribution in [2.75, 3.05) is 13.7 Å². The van der Waals surface area contributed by atoms with Gasteiger partial charge in [0.25, 0.3) is 15.6 Å². The van der Waals surface area contributed by atoms with Crippen LogP contribution in [0.15, 0.2) is 26.8 Å². The lowest BCUT2D eigenvalue weighted by Crippen LogP contribution is -2.40. The first kappa shape index (κ1) is 16.2. The Morgan fingerprint density at radius 1 is 1.43 bits per heavy atom. The summed E-state index contributed by atoms with van der Waals surface area (Å²) in [6, 6.07) is 1.63. The van der Waals surface area contributed by atoms with Crippen LogP contribution in [0.25, 0.3) is 0 Å². The van der Waals surface area contributed by atoms with E-state index >= 15 is 0 Å². The zero-order chi connectivity index (χ0) is 16.6. The van der Waals surface area contributed by atoms with Gasteiger partial charge in [-0.1, -0.05) is 0 Å². The topological polar surface area (TPSA) is 81.5 Å². The van der Waals surface area contributed by atoms with Crippen molar-refractivity contribution in [1.29, 1.82) is 0 Å². The lowest BCUT2D eigenvalue weighted by atomic mass is 10.1. The average Bonchev–Trinajstić information content (AvgIpc) is 3.04. The van der Waals surface area contributed by atoms with Crippen molar-refractivity contribution in [3.63, 3.8) is 0 Å². The van der Waals surface area contributed by atoms with Gasteiger partial charge in [0.05, 0.1) is 25.7 Å². The Kier molecular flexibility index (Phi) is 4.26. The molecule has 0 aromatic carbocycles. The van der Waals surface area contributed by atoms with Crippen molar-refractivity contribution in [2.45, 2.75) is 30.6 Å². The second-order valence-corrected chi connectivity index (χ2v) is 8.18. The molecule has 1 aliphatic heterocycles. The van der Waals surface area contributed by atoms with Crippen LogP contribution in [-0.2, 0) is 29.5 Å². The second-order valence-electron chi connectivity index (χ2n) is 5.13. The number of thiophene rings is 1. The molecule has 0 amide bonds. The number of hydrogen-bond acceptors (Lipinski definition) is 6. The SMILES string of the molecule is CCn1cnc2c(c1=O)CCN(S(=O)(=O)c1sccc1OC)C2. The van der Waals surface area contributed by atoms with Gasteiger partial charge in [0, 0.05) is 18.7 Å². The molecule has 9 heteroatoms. The molecular formula is C14H17N3O4S2. The first-order valence-electron chi connectivity index (χ1n) is 7.17. The fourth-order valence-corrected chi connectivity index (χ4v) is 5.42. The minimum atomic E-state index is -3.65. The van der Waals surface area contributed by atoms with Gasteiger partial charge in [-0.3, -0.25) is 9.36 Å². The number of methoxy groups -OCH3 is 1. The summed E-state index contributed by atoms with van der Waals surface area (Å²) in [5.74, 6) is 0.343. The maximum atomic E-state index is 12.8. The number of ether oxygens (including phenoxy) is 1. The van der Waals surface area contributed by atoms with Gasteiger partial charge in [-0.05, 0) is 24.8 Å². The van der Waals surface area contributed by atoms with E-state index in [-0.39, 0.29) is 22.9 Å². The molecule has 0 radical (unpaired) electrons. The van der Waals surface area contributed by atoms with Gasteiger partial charge in [0.15, 0.2) is 4.21 Å². The van der Waals surface area contributed by atoms with E-state index in [0.717, 1.165) is 11.3 Å². The summed E-state index contributed by atoms with van der Waals surface area (Å²) in [4.78, 5) is 16.5. The van der Waals surface area contributed by atoms with E-state index in [1.807, 2.05) is 6.92 Å². The third kappa shape index (κ3) is 2.68. The number of aryl methyl sites for hydroxylation is 1. The van der Waals surface area contributed by atoms with Crippen LogP contribution < -0.4 is 10.3 Å². The van der Waals surface area contributed by atoms with Crippen LogP contribution in [0.5, 0.6) is 5.75 Å². The van der Waals surface area contributed by atoms with Crippen LogP contribution >= 0.6 is 11.3 Å². The van der Waals surface area contributed by atoms with Crippen molar-refractivity contribution >= 4 is 21.4 Å². The Bertz CT molecular complexity index is 886. The Hall–Kier alpha value is -1.71. The summed E-state index contributed by atoms with van der Waals surface area (Å²) in [5.41, 5.74) is 1.06. The fraction of sp³-hybridized carbons (Fsp3) is 0.429. The highest BCUT2D eigenvalue weighted by Gasteiger charge is 2.33.